The summed E-state index contributed by atoms with van der Waals surface area (Å²) in [4.78, 5) is 15.7. The van der Waals surface area contributed by atoms with Crippen LogP contribution in [0.3, 0.4) is 0 Å². The van der Waals surface area contributed by atoms with Gasteiger partial charge in [0.25, 0.3) is 5.19 Å². The average molecular weight is 274 g/mol. The third kappa shape index (κ3) is 4.99. The number of hydrogen-bond acceptors (Lipinski definition) is 6. The molecule has 0 aliphatic rings. The van der Waals surface area contributed by atoms with Crippen molar-refractivity contribution < 1.29 is 19.7 Å². The molecule has 3 N–H and O–H groups in total. The molecule has 1 heterocycles. The molecule has 1 rings (SSSR count). The van der Waals surface area contributed by atoms with Crippen LogP contribution < -0.4 is 10.1 Å². The van der Waals surface area contributed by atoms with E-state index < -0.39 is 11.7 Å². The van der Waals surface area contributed by atoms with E-state index in [2.05, 4.69) is 10.3 Å². The number of nitrogens with one attached hydrogen (secondary N) is 1. The first-order chi connectivity index (χ1) is 8.29. The zero-order valence-corrected chi connectivity index (χ0v) is 11.5. The van der Waals surface area contributed by atoms with Crippen molar-refractivity contribution in [1.82, 2.24) is 4.98 Å². The van der Waals surface area contributed by atoms with E-state index in [1.165, 1.54) is 17.5 Å². The summed E-state index contributed by atoms with van der Waals surface area (Å²) in [6.07, 6.45) is 0.243. The molecule has 1 aromatic rings. The van der Waals surface area contributed by atoms with Crippen LogP contribution in [0.25, 0.3) is 0 Å². The molecule has 0 bridgehead atoms. The fourth-order valence-electron chi connectivity index (χ4n) is 0.934. The lowest BCUT2D eigenvalue weighted by molar-refractivity contribution is -0.123. The second kappa shape index (κ2) is 6.12. The molecule has 0 spiro atoms. The second-order valence-electron chi connectivity index (χ2n) is 4.81. The van der Waals surface area contributed by atoms with Gasteiger partial charge in [-0.05, 0) is 0 Å². The molecule has 0 aliphatic heterocycles. The number of ether oxygens (including phenoxy) is 1. The Bertz CT molecular complexity index is 398. The van der Waals surface area contributed by atoms with Crippen molar-refractivity contribution in [1.29, 1.82) is 0 Å². The molecule has 0 aromatic carbocycles. The van der Waals surface area contributed by atoms with Crippen molar-refractivity contribution in [3.05, 3.63) is 6.20 Å². The Morgan fingerprint density at radius 2 is 2.22 bits per heavy atom. The Morgan fingerprint density at radius 1 is 1.56 bits per heavy atom. The molecule has 0 saturated carbocycles. The van der Waals surface area contributed by atoms with Gasteiger partial charge in [0, 0.05) is 11.8 Å². The van der Waals surface area contributed by atoms with Crippen LogP contribution >= 0.6 is 11.3 Å². The van der Waals surface area contributed by atoms with Crippen molar-refractivity contribution in [2.24, 2.45) is 5.41 Å². The molecule has 0 aliphatic carbocycles. The Balaban J connectivity index is 2.46. The van der Waals surface area contributed by atoms with E-state index in [-0.39, 0.29) is 18.9 Å². The van der Waals surface area contributed by atoms with Gasteiger partial charge in [-0.25, -0.2) is 4.98 Å². The van der Waals surface area contributed by atoms with Crippen LogP contribution in [0.5, 0.6) is 5.19 Å². The Hall–Kier alpha value is -1.18. The average Bonchev–Trinajstić information content (AvgIpc) is 2.63. The van der Waals surface area contributed by atoms with Gasteiger partial charge in [-0.2, -0.15) is 0 Å². The Morgan fingerprint density at radius 3 is 2.78 bits per heavy atom. The molecule has 0 radical (unpaired) electrons. The van der Waals surface area contributed by atoms with Crippen LogP contribution in [-0.2, 0) is 4.79 Å². The predicted octanol–water partition coefficient (Wildman–Crippen LogP) is 1.21. The minimum Gasteiger partial charge on any atom is -0.470 e. The number of aromatic nitrogens is 1. The molecule has 102 valence electrons. The fourth-order valence-corrected chi connectivity index (χ4v) is 1.62. The third-order valence-corrected chi connectivity index (χ3v) is 2.83. The third-order valence-electron chi connectivity index (χ3n) is 2.00. The SMILES string of the molecule is CC(C)(C)C(=O)Nc1cnc(OCCC(O)O)s1. The highest BCUT2D eigenvalue weighted by Gasteiger charge is 2.22. The molecular formula is C11H18N2O4S. The molecule has 6 nitrogen and oxygen atoms in total. The molecule has 0 atom stereocenters. The topological polar surface area (TPSA) is 91.7 Å². The van der Waals surface area contributed by atoms with Gasteiger partial charge >= 0.3 is 0 Å². The number of hydrogen-bond donors (Lipinski definition) is 3. The van der Waals surface area contributed by atoms with E-state index in [9.17, 15) is 4.79 Å². The summed E-state index contributed by atoms with van der Waals surface area (Å²) < 4.78 is 5.20. The van der Waals surface area contributed by atoms with E-state index in [0.29, 0.717) is 10.2 Å². The number of carbonyl (C=O) groups is 1. The number of nitrogens with zero attached hydrogens (tertiary/aromatic N) is 1. The van der Waals surface area contributed by atoms with Crippen molar-refractivity contribution >= 4 is 22.2 Å². The van der Waals surface area contributed by atoms with Gasteiger partial charge in [-0.15, -0.1) is 0 Å². The van der Waals surface area contributed by atoms with Gasteiger partial charge in [0.2, 0.25) is 5.91 Å². The maximum atomic E-state index is 11.7. The first-order valence-corrected chi connectivity index (χ1v) is 6.37. The number of aliphatic hydroxyl groups is 2. The molecule has 1 aromatic heterocycles. The van der Waals surface area contributed by atoms with Gasteiger partial charge in [-0.3, -0.25) is 4.79 Å². The maximum absolute atomic E-state index is 11.7. The normalized spacial score (nSPS) is 11.7. The van der Waals surface area contributed by atoms with E-state index >= 15 is 0 Å². The highest BCUT2D eigenvalue weighted by atomic mass is 32.1. The molecule has 0 saturated heterocycles. The van der Waals surface area contributed by atoms with E-state index in [4.69, 9.17) is 14.9 Å². The fraction of sp³-hybridized carbons (Fsp3) is 0.636. The van der Waals surface area contributed by atoms with Crippen LogP contribution in [0.15, 0.2) is 6.20 Å². The van der Waals surface area contributed by atoms with Gasteiger partial charge in [0.15, 0.2) is 6.29 Å². The summed E-state index contributed by atoms with van der Waals surface area (Å²) in [5, 5.41) is 21.0. The van der Waals surface area contributed by atoms with Crippen LogP contribution in [0.4, 0.5) is 5.00 Å². The van der Waals surface area contributed by atoms with E-state index in [0.717, 1.165) is 0 Å². The minimum atomic E-state index is -1.38. The highest BCUT2D eigenvalue weighted by Crippen LogP contribution is 2.27. The van der Waals surface area contributed by atoms with Crippen LogP contribution in [0, 0.1) is 5.41 Å². The first-order valence-electron chi connectivity index (χ1n) is 5.55. The molecule has 1 amide bonds. The number of rotatable bonds is 5. The number of anilines is 1. The number of aliphatic hydroxyl groups excluding tert-OH is 1. The smallest absolute Gasteiger partial charge is 0.275 e. The van der Waals surface area contributed by atoms with Gasteiger partial charge in [-0.1, -0.05) is 32.1 Å². The van der Waals surface area contributed by atoms with Crippen molar-refractivity contribution in [2.75, 3.05) is 11.9 Å². The molecular weight excluding hydrogens is 256 g/mol. The largest absolute Gasteiger partial charge is 0.470 e. The van der Waals surface area contributed by atoms with Crippen LogP contribution in [0.2, 0.25) is 0 Å². The van der Waals surface area contributed by atoms with Crippen LogP contribution in [0.1, 0.15) is 27.2 Å². The van der Waals surface area contributed by atoms with Crippen molar-refractivity contribution in [3.63, 3.8) is 0 Å². The van der Waals surface area contributed by atoms with E-state index in [1.807, 2.05) is 20.8 Å². The second-order valence-corrected chi connectivity index (χ2v) is 5.81. The zero-order valence-electron chi connectivity index (χ0n) is 10.6. The number of carbonyl (C=O) groups excluding carboxylic acids is 1. The summed E-state index contributed by atoms with van der Waals surface area (Å²) in [7, 11) is 0. The van der Waals surface area contributed by atoms with E-state index in [1.54, 1.807) is 0 Å². The maximum Gasteiger partial charge on any atom is 0.275 e. The first kappa shape index (κ1) is 14.9. The predicted molar refractivity (Wildman–Crippen MR) is 68.5 cm³/mol. The van der Waals surface area contributed by atoms with Gasteiger partial charge in [0.1, 0.15) is 5.00 Å². The van der Waals surface area contributed by atoms with Gasteiger partial charge in [0.05, 0.1) is 12.8 Å². The molecule has 18 heavy (non-hydrogen) atoms. The van der Waals surface area contributed by atoms with Crippen LogP contribution in [-0.4, -0.2) is 34.0 Å². The molecule has 7 heteroatoms. The Labute approximate surface area is 110 Å². The minimum absolute atomic E-state index is 0.0940. The van der Waals surface area contributed by atoms with Gasteiger partial charge < -0.3 is 20.3 Å². The number of thiazole rings is 1. The molecule has 0 fully saturated rings. The standard InChI is InChI=1S/C11H18N2O4S/c1-11(2,3)9(16)13-7-6-12-10(18-7)17-5-4-8(14)15/h6,8,14-15H,4-5H2,1-3H3,(H,13,16). The lowest BCUT2D eigenvalue weighted by Crippen LogP contribution is -2.27. The summed E-state index contributed by atoms with van der Waals surface area (Å²) in [6, 6.07) is 0. The molecule has 0 unspecified atom stereocenters. The lowest BCUT2D eigenvalue weighted by atomic mass is 9.96. The van der Waals surface area contributed by atoms with Crippen molar-refractivity contribution in [3.8, 4) is 5.19 Å². The zero-order chi connectivity index (χ0) is 13.8. The lowest BCUT2D eigenvalue weighted by Gasteiger charge is -2.16. The monoisotopic (exact) mass is 274 g/mol. The number of amides is 1. The summed E-state index contributed by atoms with van der Waals surface area (Å²) in [5.41, 5.74) is -0.466. The summed E-state index contributed by atoms with van der Waals surface area (Å²) in [5.74, 6) is -0.0940. The van der Waals surface area contributed by atoms with Crippen molar-refractivity contribution in [2.45, 2.75) is 33.5 Å². The Kier molecular flexibility index (Phi) is 5.06. The summed E-state index contributed by atoms with van der Waals surface area (Å²) in [6.45, 7) is 5.63. The quantitative estimate of drug-likeness (QED) is 0.702. The highest BCUT2D eigenvalue weighted by molar-refractivity contribution is 7.17. The summed E-state index contributed by atoms with van der Waals surface area (Å²) >= 11 is 1.20.